The molecule has 0 saturated carbocycles. The van der Waals surface area contributed by atoms with Crippen LogP contribution in [0.25, 0.3) is 0 Å². The number of thioether (sulfide) groups is 1. The third kappa shape index (κ3) is 4.28. The number of rotatable bonds is 5. The summed E-state index contributed by atoms with van der Waals surface area (Å²) in [4.78, 5) is 13.6. The lowest BCUT2D eigenvalue weighted by atomic mass is 10.2. The first-order valence-electron chi connectivity index (χ1n) is 7.55. The molecule has 3 aromatic rings. The van der Waals surface area contributed by atoms with Gasteiger partial charge in [0.05, 0.1) is 11.3 Å². The fourth-order valence-electron chi connectivity index (χ4n) is 2.27. The Kier molecular flexibility index (Phi) is 5.72. The van der Waals surface area contributed by atoms with Gasteiger partial charge in [0.1, 0.15) is 0 Å². The normalized spacial score (nSPS) is 10.4. The van der Waals surface area contributed by atoms with Crippen LogP contribution in [0.15, 0.2) is 88.2 Å². The molecule has 2 nitrogen and oxygen atoms in total. The van der Waals surface area contributed by atoms with E-state index in [0.29, 0.717) is 5.56 Å². The summed E-state index contributed by atoms with van der Waals surface area (Å²) in [6, 6.07) is 25.6. The molecule has 0 aliphatic carbocycles. The molecule has 1 amide bonds. The summed E-state index contributed by atoms with van der Waals surface area (Å²) >= 11 is 5.13. The number of anilines is 1. The summed E-state index contributed by atoms with van der Waals surface area (Å²) in [7, 11) is 0. The van der Waals surface area contributed by atoms with Gasteiger partial charge in [-0.15, -0.1) is 11.8 Å². The van der Waals surface area contributed by atoms with Gasteiger partial charge in [0.15, 0.2) is 0 Å². The summed E-state index contributed by atoms with van der Waals surface area (Å²) in [5.74, 6) is 0.734. The summed E-state index contributed by atoms with van der Waals surface area (Å²) < 4.78 is 0.868. The Labute approximate surface area is 154 Å². The van der Waals surface area contributed by atoms with E-state index in [1.54, 1.807) is 11.8 Å². The number of nitrogens with one attached hydrogen (secondary N) is 1. The molecule has 0 aliphatic rings. The molecule has 3 aromatic carbocycles. The van der Waals surface area contributed by atoms with Crippen LogP contribution in [0.5, 0.6) is 0 Å². The van der Waals surface area contributed by atoms with E-state index in [-0.39, 0.29) is 5.91 Å². The van der Waals surface area contributed by atoms with Crippen molar-refractivity contribution in [3.05, 3.63) is 94.5 Å². The molecule has 0 bridgehead atoms. The average Bonchev–Trinajstić information content (AvgIpc) is 2.63. The van der Waals surface area contributed by atoms with Crippen LogP contribution in [0.2, 0.25) is 0 Å². The molecule has 0 saturated heterocycles. The molecule has 0 fully saturated rings. The Morgan fingerprint density at radius 3 is 2.33 bits per heavy atom. The first-order chi connectivity index (χ1) is 11.7. The predicted molar refractivity (Wildman–Crippen MR) is 105 cm³/mol. The number of benzene rings is 3. The van der Waals surface area contributed by atoms with Crippen molar-refractivity contribution in [1.29, 1.82) is 0 Å². The van der Waals surface area contributed by atoms with E-state index in [0.717, 1.165) is 20.8 Å². The van der Waals surface area contributed by atoms with Gasteiger partial charge in [-0.3, -0.25) is 4.79 Å². The van der Waals surface area contributed by atoms with Crippen molar-refractivity contribution in [2.45, 2.75) is 10.6 Å². The smallest absolute Gasteiger partial charge is 0.256 e. The van der Waals surface area contributed by atoms with Gasteiger partial charge < -0.3 is 5.32 Å². The summed E-state index contributed by atoms with van der Waals surface area (Å²) in [6.45, 7) is 0. The molecule has 0 atom stereocenters. The molecule has 1 N–H and O–H groups in total. The van der Waals surface area contributed by atoms with Crippen molar-refractivity contribution in [1.82, 2.24) is 0 Å². The molecule has 0 heterocycles. The molecular formula is C20H16BrNOS. The second kappa shape index (κ2) is 8.18. The number of hydrogen-bond acceptors (Lipinski definition) is 2. The van der Waals surface area contributed by atoms with E-state index in [4.69, 9.17) is 0 Å². The van der Waals surface area contributed by atoms with Gasteiger partial charge in [0.2, 0.25) is 0 Å². The molecule has 0 unspecified atom stereocenters. The van der Waals surface area contributed by atoms with Crippen LogP contribution in [-0.2, 0) is 5.75 Å². The van der Waals surface area contributed by atoms with E-state index in [9.17, 15) is 4.79 Å². The third-order valence-electron chi connectivity index (χ3n) is 3.49. The van der Waals surface area contributed by atoms with Crippen LogP contribution >= 0.6 is 27.7 Å². The van der Waals surface area contributed by atoms with Gasteiger partial charge in [0, 0.05) is 15.1 Å². The van der Waals surface area contributed by atoms with Crippen LogP contribution in [0, 0.1) is 0 Å². The first-order valence-corrected chi connectivity index (χ1v) is 9.33. The standard InChI is InChI=1S/C20H16BrNOS/c21-17-11-5-6-12-18(17)22-20(23)16-10-4-7-13-19(16)24-14-15-8-2-1-3-9-15/h1-13H,14H2,(H,22,23). The Balaban J connectivity index is 1.76. The van der Waals surface area contributed by atoms with Crippen molar-refractivity contribution >= 4 is 39.3 Å². The highest BCUT2D eigenvalue weighted by atomic mass is 79.9. The molecule has 0 radical (unpaired) electrons. The lowest BCUT2D eigenvalue weighted by Crippen LogP contribution is -2.13. The fraction of sp³-hybridized carbons (Fsp3) is 0.0500. The minimum atomic E-state index is -0.0990. The van der Waals surface area contributed by atoms with Crippen molar-refractivity contribution in [3.8, 4) is 0 Å². The van der Waals surface area contributed by atoms with Gasteiger partial charge >= 0.3 is 0 Å². The van der Waals surface area contributed by atoms with Crippen molar-refractivity contribution in [2.24, 2.45) is 0 Å². The van der Waals surface area contributed by atoms with Gasteiger partial charge in [-0.2, -0.15) is 0 Å². The number of amides is 1. The van der Waals surface area contributed by atoms with Gasteiger partial charge in [-0.05, 0) is 45.8 Å². The van der Waals surface area contributed by atoms with Crippen LogP contribution in [0.1, 0.15) is 15.9 Å². The molecule has 4 heteroatoms. The minimum Gasteiger partial charge on any atom is -0.321 e. The van der Waals surface area contributed by atoms with E-state index >= 15 is 0 Å². The lowest BCUT2D eigenvalue weighted by molar-refractivity contribution is 0.102. The fourth-order valence-corrected chi connectivity index (χ4v) is 3.66. The molecule has 0 aromatic heterocycles. The van der Waals surface area contributed by atoms with Crippen molar-refractivity contribution < 1.29 is 4.79 Å². The molecule has 0 aliphatic heterocycles. The van der Waals surface area contributed by atoms with Crippen LogP contribution < -0.4 is 5.32 Å². The number of carbonyl (C=O) groups excluding carboxylic acids is 1. The highest BCUT2D eigenvalue weighted by Crippen LogP contribution is 2.28. The zero-order chi connectivity index (χ0) is 16.8. The second-order valence-electron chi connectivity index (χ2n) is 5.20. The Hall–Kier alpha value is -2.04. The number of para-hydroxylation sites is 1. The molecule has 120 valence electrons. The first kappa shape index (κ1) is 16.8. The zero-order valence-electron chi connectivity index (χ0n) is 12.9. The summed E-state index contributed by atoms with van der Waals surface area (Å²) in [5.41, 5.74) is 2.70. The highest BCUT2D eigenvalue weighted by molar-refractivity contribution is 9.10. The van der Waals surface area contributed by atoms with Gasteiger partial charge in [0.25, 0.3) is 5.91 Å². The van der Waals surface area contributed by atoms with E-state index in [1.165, 1.54) is 5.56 Å². The SMILES string of the molecule is O=C(Nc1ccccc1Br)c1ccccc1SCc1ccccc1. The van der Waals surface area contributed by atoms with E-state index < -0.39 is 0 Å². The Morgan fingerprint density at radius 2 is 1.54 bits per heavy atom. The van der Waals surface area contributed by atoms with E-state index in [2.05, 4.69) is 33.4 Å². The third-order valence-corrected chi connectivity index (χ3v) is 5.33. The molecular weight excluding hydrogens is 382 g/mol. The zero-order valence-corrected chi connectivity index (χ0v) is 15.3. The van der Waals surface area contributed by atoms with Gasteiger partial charge in [-0.1, -0.05) is 54.6 Å². The highest BCUT2D eigenvalue weighted by Gasteiger charge is 2.12. The Morgan fingerprint density at radius 1 is 0.875 bits per heavy atom. The van der Waals surface area contributed by atoms with Crippen molar-refractivity contribution in [2.75, 3.05) is 5.32 Å². The monoisotopic (exact) mass is 397 g/mol. The lowest BCUT2D eigenvalue weighted by Gasteiger charge is -2.11. The topological polar surface area (TPSA) is 29.1 Å². The van der Waals surface area contributed by atoms with Crippen molar-refractivity contribution in [3.63, 3.8) is 0 Å². The summed E-state index contributed by atoms with van der Waals surface area (Å²) in [6.07, 6.45) is 0. The van der Waals surface area contributed by atoms with Gasteiger partial charge in [-0.25, -0.2) is 0 Å². The maximum absolute atomic E-state index is 12.7. The number of halogens is 1. The van der Waals surface area contributed by atoms with E-state index in [1.807, 2.05) is 66.7 Å². The van der Waals surface area contributed by atoms with Crippen LogP contribution in [0.3, 0.4) is 0 Å². The van der Waals surface area contributed by atoms with Crippen LogP contribution in [0.4, 0.5) is 5.69 Å². The largest absolute Gasteiger partial charge is 0.321 e. The predicted octanol–water partition coefficient (Wildman–Crippen LogP) is 5.99. The molecule has 0 spiro atoms. The minimum absolute atomic E-state index is 0.0990. The van der Waals surface area contributed by atoms with Crippen LogP contribution in [-0.4, -0.2) is 5.91 Å². The number of carbonyl (C=O) groups is 1. The maximum atomic E-state index is 12.7. The maximum Gasteiger partial charge on any atom is 0.256 e. The Bertz CT molecular complexity index is 836. The summed E-state index contributed by atoms with van der Waals surface area (Å²) in [5, 5.41) is 2.97. The molecule has 24 heavy (non-hydrogen) atoms. The quantitative estimate of drug-likeness (QED) is 0.535. The average molecular weight is 398 g/mol. The molecule has 3 rings (SSSR count). The number of hydrogen-bond donors (Lipinski definition) is 1. The second-order valence-corrected chi connectivity index (χ2v) is 7.08.